The summed E-state index contributed by atoms with van der Waals surface area (Å²) < 4.78 is 28.3. The summed E-state index contributed by atoms with van der Waals surface area (Å²) >= 11 is 5.80. The lowest BCUT2D eigenvalue weighted by molar-refractivity contribution is -0.123. The monoisotopic (exact) mass is 432 g/mol. The van der Waals surface area contributed by atoms with Crippen LogP contribution in [0.1, 0.15) is 17.3 Å². The Kier molecular flexibility index (Phi) is 5.88. The first kappa shape index (κ1) is 20.8. The van der Waals surface area contributed by atoms with Gasteiger partial charge in [-0.3, -0.25) is 4.79 Å². The van der Waals surface area contributed by atoms with Crippen LogP contribution in [0.2, 0.25) is 5.02 Å². The lowest BCUT2D eigenvalue weighted by Crippen LogP contribution is -2.30. The highest BCUT2D eigenvalue weighted by Gasteiger charge is 2.22. The average molecular weight is 433 g/mol. The molecular weight excluding hydrogens is 416 g/mol. The molecule has 0 bridgehead atoms. The highest BCUT2D eigenvalue weighted by atomic mass is 35.5. The number of anilines is 1. The molecule has 1 unspecified atom stereocenters. The summed E-state index contributed by atoms with van der Waals surface area (Å²) in [5.74, 6) is -1.41. The van der Waals surface area contributed by atoms with E-state index in [4.69, 9.17) is 21.5 Å². The van der Waals surface area contributed by atoms with E-state index in [1.807, 2.05) is 30.3 Å². The first-order valence-electron chi connectivity index (χ1n) is 8.49. The van der Waals surface area contributed by atoms with Crippen molar-refractivity contribution in [1.29, 1.82) is 0 Å². The predicted octanol–water partition coefficient (Wildman–Crippen LogP) is 3.32. The molecule has 0 heterocycles. The maximum absolute atomic E-state index is 12.5. The predicted molar refractivity (Wildman–Crippen MR) is 110 cm³/mol. The Balaban J connectivity index is 1.75. The number of halogens is 1. The zero-order valence-corrected chi connectivity index (χ0v) is 16.8. The van der Waals surface area contributed by atoms with Crippen molar-refractivity contribution in [3.63, 3.8) is 0 Å². The third kappa shape index (κ3) is 4.73. The van der Waals surface area contributed by atoms with E-state index in [1.165, 1.54) is 19.1 Å². The Morgan fingerprint density at radius 2 is 1.76 bits per heavy atom. The quantitative estimate of drug-likeness (QED) is 0.600. The second-order valence-corrected chi connectivity index (χ2v) is 8.19. The zero-order chi connectivity index (χ0) is 21.2. The van der Waals surface area contributed by atoms with Crippen LogP contribution >= 0.6 is 11.6 Å². The highest BCUT2D eigenvalue weighted by Crippen LogP contribution is 2.24. The number of rotatable bonds is 5. The molecule has 3 N–H and O–H groups in total. The topological polar surface area (TPSA) is 116 Å². The van der Waals surface area contributed by atoms with E-state index < -0.39 is 32.9 Å². The number of hydrogen-bond acceptors (Lipinski definition) is 5. The molecule has 0 saturated carbocycles. The van der Waals surface area contributed by atoms with Crippen molar-refractivity contribution in [3.05, 3.63) is 71.2 Å². The van der Waals surface area contributed by atoms with Crippen LogP contribution < -0.4 is 10.5 Å². The molecule has 150 valence electrons. The lowest BCUT2D eigenvalue weighted by Gasteiger charge is -2.15. The summed E-state index contributed by atoms with van der Waals surface area (Å²) in [7, 11) is -4.11. The molecule has 3 rings (SSSR count). The Morgan fingerprint density at radius 3 is 2.48 bits per heavy atom. The molecule has 1 atom stereocenters. The van der Waals surface area contributed by atoms with E-state index in [-0.39, 0.29) is 10.6 Å². The van der Waals surface area contributed by atoms with Gasteiger partial charge in [-0.1, -0.05) is 48.0 Å². The third-order valence-electron chi connectivity index (χ3n) is 4.17. The Labute approximate surface area is 172 Å². The number of esters is 1. The number of primary sulfonamides is 1. The molecule has 0 spiro atoms. The van der Waals surface area contributed by atoms with Crippen molar-refractivity contribution < 1.29 is 22.7 Å². The number of carbonyl (C=O) groups is 2. The van der Waals surface area contributed by atoms with Gasteiger partial charge in [-0.05, 0) is 36.6 Å². The van der Waals surface area contributed by atoms with Crippen LogP contribution in [-0.2, 0) is 19.6 Å². The third-order valence-corrected chi connectivity index (χ3v) is 5.57. The van der Waals surface area contributed by atoms with Crippen molar-refractivity contribution in [2.45, 2.75) is 17.9 Å². The molecule has 0 aliphatic carbocycles. The maximum atomic E-state index is 12.5. The van der Waals surface area contributed by atoms with E-state index >= 15 is 0 Å². The molecule has 7 nitrogen and oxygen atoms in total. The van der Waals surface area contributed by atoms with Gasteiger partial charge in [-0.25, -0.2) is 18.4 Å². The second-order valence-electron chi connectivity index (χ2n) is 6.25. The van der Waals surface area contributed by atoms with Gasteiger partial charge in [0.2, 0.25) is 10.0 Å². The Hall–Kier alpha value is -2.94. The van der Waals surface area contributed by atoms with Crippen LogP contribution in [0.5, 0.6) is 0 Å². The largest absolute Gasteiger partial charge is 0.449 e. The van der Waals surface area contributed by atoms with Crippen molar-refractivity contribution in [2.75, 3.05) is 5.32 Å². The first-order valence-corrected chi connectivity index (χ1v) is 10.4. The molecular formula is C20H17ClN2O5S. The van der Waals surface area contributed by atoms with Gasteiger partial charge in [0.05, 0.1) is 10.6 Å². The zero-order valence-electron chi connectivity index (χ0n) is 15.3. The minimum absolute atomic E-state index is 0.0942. The molecule has 3 aromatic carbocycles. The summed E-state index contributed by atoms with van der Waals surface area (Å²) in [4.78, 5) is 24.4. The molecule has 0 fully saturated rings. The van der Waals surface area contributed by atoms with Crippen LogP contribution in [-0.4, -0.2) is 26.4 Å². The summed E-state index contributed by atoms with van der Waals surface area (Å²) in [6.45, 7) is 1.41. The van der Waals surface area contributed by atoms with Gasteiger partial charge >= 0.3 is 5.97 Å². The number of fused-ring (bicyclic) bond motifs is 1. The molecule has 0 aliphatic heterocycles. The van der Waals surface area contributed by atoms with E-state index in [0.717, 1.165) is 16.8 Å². The van der Waals surface area contributed by atoms with E-state index in [1.54, 1.807) is 12.1 Å². The van der Waals surface area contributed by atoms with Crippen molar-refractivity contribution >= 4 is 50.0 Å². The van der Waals surface area contributed by atoms with Gasteiger partial charge in [-0.15, -0.1) is 0 Å². The number of nitrogens with two attached hydrogens (primary N) is 1. The summed E-state index contributed by atoms with van der Waals surface area (Å²) in [6.07, 6.45) is -1.13. The molecule has 0 radical (unpaired) electrons. The van der Waals surface area contributed by atoms with Crippen LogP contribution in [0.25, 0.3) is 10.8 Å². The SMILES string of the molecule is CC(OC(=O)c1ccc(Cl)c(S(N)(=O)=O)c1)C(=O)Nc1cccc2ccccc12. The van der Waals surface area contributed by atoms with Crippen LogP contribution in [0.4, 0.5) is 5.69 Å². The summed E-state index contributed by atoms with van der Waals surface area (Å²) in [5, 5.41) is 9.49. The van der Waals surface area contributed by atoms with Gasteiger partial charge in [0, 0.05) is 11.1 Å². The molecule has 0 aromatic heterocycles. The van der Waals surface area contributed by atoms with Gasteiger partial charge in [0.15, 0.2) is 6.10 Å². The highest BCUT2D eigenvalue weighted by molar-refractivity contribution is 7.89. The lowest BCUT2D eigenvalue weighted by atomic mass is 10.1. The number of amides is 1. The van der Waals surface area contributed by atoms with Crippen molar-refractivity contribution in [3.8, 4) is 0 Å². The first-order chi connectivity index (χ1) is 13.7. The van der Waals surface area contributed by atoms with Crippen LogP contribution in [0.15, 0.2) is 65.6 Å². The van der Waals surface area contributed by atoms with Crippen molar-refractivity contribution in [1.82, 2.24) is 0 Å². The number of carbonyl (C=O) groups excluding carboxylic acids is 2. The molecule has 3 aromatic rings. The van der Waals surface area contributed by atoms with Gasteiger partial charge in [0.25, 0.3) is 5.91 Å². The second kappa shape index (κ2) is 8.20. The smallest absolute Gasteiger partial charge is 0.338 e. The van der Waals surface area contributed by atoms with Crippen molar-refractivity contribution in [2.24, 2.45) is 5.14 Å². The molecule has 9 heteroatoms. The molecule has 29 heavy (non-hydrogen) atoms. The molecule has 1 amide bonds. The van der Waals surface area contributed by atoms with Crippen LogP contribution in [0, 0.1) is 0 Å². The number of sulfonamides is 1. The normalized spacial score (nSPS) is 12.4. The van der Waals surface area contributed by atoms with E-state index in [2.05, 4.69) is 5.32 Å². The fourth-order valence-electron chi connectivity index (χ4n) is 2.70. The fraction of sp³-hybridized carbons (Fsp3) is 0.100. The number of ether oxygens (including phenoxy) is 1. The van der Waals surface area contributed by atoms with E-state index in [0.29, 0.717) is 5.69 Å². The minimum atomic E-state index is -4.11. The van der Waals surface area contributed by atoms with Gasteiger partial charge in [-0.2, -0.15) is 0 Å². The maximum Gasteiger partial charge on any atom is 0.338 e. The summed E-state index contributed by atoms with van der Waals surface area (Å²) in [6, 6.07) is 16.5. The summed E-state index contributed by atoms with van der Waals surface area (Å²) in [5.41, 5.74) is 0.488. The number of benzene rings is 3. The molecule has 0 aliphatic rings. The number of hydrogen-bond donors (Lipinski definition) is 2. The Morgan fingerprint density at radius 1 is 1.07 bits per heavy atom. The fourth-order valence-corrected chi connectivity index (χ4v) is 3.77. The van der Waals surface area contributed by atoms with Gasteiger partial charge < -0.3 is 10.1 Å². The van der Waals surface area contributed by atoms with Gasteiger partial charge in [0.1, 0.15) is 4.90 Å². The number of nitrogens with one attached hydrogen (secondary N) is 1. The minimum Gasteiger partial charge on any atom is -0.449 e. The Bertz CT molecular complexity index is 1210. The average Bonchev–Trinajstić information content (AvgIpc) is 2.67. The van der Waals surface area contributed by atoms with Crippen LogP contribution in [0.3, 0.4) is 0 Å². The van der Waals surface area contributed by atoms with E-state index in [9.17, 15) is 18.0 Å². The molecule has 0 saturated heterocycles. The standard InChI is InChI=1S/C20H17ClN2O5S/c1-12(19(24)23-17-8-4-6-13-5-2-3-7-15(13)17)28-20(25)14-9-10-16(21)18(11-14)29(22,26)27/h2-12H,1H3,(H,23,24)(H2,22,26,27).